The largest absolute Gasteiger partial charge is 0.348 e. The molecule has 1 atom stereocenters. The van der Waals surface area contributed by atoms with Gasteiger partial charge in [0.1, 0.15) is 0 Å². The molecule has 4 heterocycles. The Hall–Kier alpha value is -2.84. The minimum atomic E-state index is -0.0655. The third-order valence-electron chi connectivity index (χ3n) is 5.38. The molecule has 1 aromatic carbocycles. The van der Waals surface area contributed by atoms with E-state index in [0.29, 0.717) is 12.3 Å². The second-order valence-electron chi connectivity index (χ2n) is 7.16. The van der Waals surface area contributed by atoms with Gasteiger partial charge in [-0.05, 0) is 29.1 Å². The van der Waals surface area contributed by atoms with Crippen LogP contribution in [0.1, 0.15) is 17.3 Å². The Morgan fingerprint density at radius 2 is 1.97 bits per heavy atom. The van der Waals surface area contributed by atoms with E-state index in [-0.39, 0.29) is 11.9 Å². The zero-order valence-electron chi connectivity index (χ0n) is 16.5. The lowest BCUT2D eigenvalue weighted by Crippen LogP contribution is -2.43. The van der Waals surface area contributed by atoms with E-state index < -0.39 is 0 Å². The third-order valence-corrected chi connectivity index (χ3v) is 7.25. The van der Waals surface area contributed by atoms with Gasteiger partial charge in [0.25, 0.3) is 0 Å². The molecule has 6 nitrogen and oxygen atoms in total. The van der Waals surface area contributed by atoms with Crippen LogP contribution in [0, 0.1) is 0 Å². The van der Waals surface area contributed by atoms with Gasteiger partial charge in [-0.15, -0.1) is 21.5 Å². The van der Waals surface area contributed by atoms with Crippen molar-refractivity contribution in [1.29, 1.82) is 0 Å². The van der Waals surface area contributed by atoms with Crippen molar-refractivity contribution in [2.75, 3.05) is 12.3 Å². The van der Waals surface area contributed by atoms with Crippen LogP contribution in [0.3, 0.4) is 0 Å². The Balaban J connectivity index is 1.36. The topological polar surface area (TPSA) is 56.0 Å². The van der Waals surface area contributed by atoms with E-state index in [1.54, 1.807) is 11.3 Å². The van der Waals surface area contributed by atoms with Gasteiger partial charge in [-0.3, -0.25) is 4.79 Å². The molecule has 5 rings (SSSR count). The number of hydrogen-bond donors (Lipinski definition) is 0. The van der Waals surface area contributed by atoms with Crippen molar-refractivity contribution in [3.05, 3.63) is 77.4 Å². The number of fused-ring (bicyclic) bond motifs is 1. The molecule has 0 saturated heterocycles. The van der Waals surface area contributed by atoms with Gasteiger partial charge in [0.05, 0.1) is 16.7 Å². The molecule has 1 unspecified atom stereocenters. The standard InChI is InChI=1S/C22H21N5OS2/c1-25-21(18-10-6-14-29-18)23-24-22(25)30-15-19(28)27-13-12-26-11-5-9-17(26)20(27)16-7-3-2-4-8-16/h2-11,14,20H,12-13,15H2,1H3. The molecule has 0 bridgehead atoms. The van der Waals surface area contributed by atoms with E-state index in [1.165, 1.54) is 11.8 Å². The first-order valence-electron chi connectivity index (χ1n) is 9.78. The highest BCUT2D eigenvalue weighted by Gasteiger charge is 2.32. The number of aromatic nitrogens is 4. The third kappa shape index (κ3) is 3.46. The molecular weight excluding hydrogens is 414 g/mol. The lowest BCUT2D eigenvalue weighted by atomic mass is 10.00. The first kappa shape index (κ1) is 19.1. The summed E-state index contributed by atoms with van der Waals surface area (Å²) in [6, 6.07) is 18.4. The lowest BCUT2D eigenvalue weighted by Gasteiger charge is -2.37. The predicted octanol–water partition coefficient (Wildman–Crippen LogP) is 4.07. The van der Waals surface area contributed by atoms with E-state index in [4.69, 9.17) is 0 Å². The fourth-order valence-corrected chi connectivity index (χ4v) is 5.45. The summed E-state index contributed by atoms with van der Waals surface area (Å²) >= 11 is 3.08. The van der Waals surface area contributed by atoms with E-state index in [2.05, 4.69) is 45.2 Å². The molecular formula is C22H21N5OS2. The van der Waals surface area contributed by atoms with Crippen LogP contribution in [0.15, 0.2) is 71.3 Å². The Morgan fingerprint density at radius 3 is 2.77 bits per heavy atom. The Kier molecular flexibility index (Phi) is 5.18. The zero-order valence-corrected chi connectivity index (χ0v) is 18.1. The maximum absolute atomic E-state index is 13.3. The van der Waals surface area contributed by atoms with Crippen molar-refractivity contribution in [3.63, 3.8) is 0 Å². The molecule has 0 aliphatic carbocycles. The van der Waals surface area contributed by atoms with Gasteiger partial charge in [-0.2, -0.15) is 0 Å². The molecule has 0 saturated carbocycles. The Labute approximate surface area is 183 Å². The molecule has 4 aromatic rings. The fourth-order valence-electron chi connectivity index (χ4n) is 3.91. The molecule has 3 aromatic heterocycles. The number of rotatable bonds is 5. The molecule has 0 N–H and O–H groups in total. The summed E-state index contributed by atoms with van der Waals surface area (Å²) in [5, 5.41) is 11.4. The molecule has 30 heavy (non-hydrogen) atoms. The molecule has 0 spiro atoms. The smallest absolute Gasteiger partial charge is 0.233 e. The van der Waals surface area contributed by atoms with Crippen molar-refractivity contribution in [3.8, 4) is 10.7 Å². The predicted molar refractivity (Wildman–Crippen MR) is 119 cm³/mol. The Morgan fingerprint density at radius 1 is 1.10 bits per heavy atom. The van der Waals surface area contributed by atoms with Crippen LogP contribution in [-0.2, 0) is 18.4 Å². The normalized spacial score (nSPS) is 15.9. The summed E-state index contributed by atoms with van der Waals surface area (Å²) in [7, 11) is 1.95. The van der Waals surface area contributed by atoms with Crippen LogP contribution >= 0.6 is 23.1 Å². The quantitative estimate of drug-likeness (QED) is 0.444. The van der Waals surface area contributed by atoms with Gasteiger partial charge < -0.3 is 14.0 Å². The highest BCUT2D eigenvalue weighted by Crippen LogP contribution is 2.33. The molecule has 0 radical (unpaired) electrons. The van der Waals surface area contributed by atoms with Crippen LogP contribution < -0.4 is 0 Å². The van der Waals surface area contributed by atoms with Gasteiger partial charge >= 0.3 is 0 Å². The summed E-state index contributed by atoms with van der Waals surface area (Å²) in [4.78, 5) is 16.3. The van der Waals surface area contributed by atoms with Crippen LogP contribution in [0.5, 0.6) is 0 Å². The monoisotopic (exact) mass is 435 g/mol. The molecule has 8 heteroatoms. The van der Waals surface area contributed by atoms with Crippen molar-refractivity contribution in [2.45, 2.75) is 17.7 Å². The summed E-state index contributed by atoms with van der Waals surface area (Å²) in [5.41, 5.74) is 2.29. The van der Waals surface area contributed by atoms with Crippen molar-refractivity contribution in [2.24, 2.45) is 7.05 Å². The van der Waals surface area contributed by atoms with E-state index in [0.717, 1.165) is 33.7 Å². The van der Waals surface area contributed by atoms with E-state index in [1.807, 2.05) is 52.2 Å². The minimum absolute atomic E-state index is 0.0655. The van der Waals surface area contributed by atoms with Crippen molar-refractivity contribution < 1.29 is 4.79 Å². The number of thiophene rings is 1. The molecule has 152 valence electrons. The van der Waals surface area contributed by atoms with E-state index in [9.17, 15) is 4.79 Å². The van der Waals surface area contributed by atoms with Gasteiger partial charge in [0.2, 0.25) is 5.91 Å². The highest BCUT2D eigenvalue weighted by atomic mass is 32.2. The number of carbonyl (C=O) groups is 1. The highest BCUT2D eigenvalue weighted by molar-refractivity contribution is 7.99. The van der Waals surface area contributed by atoms with Crippen LogP contribution in [0.4, 0.5) is 0 Å². The average molecular weight is 436 g/mol. The summed E-state index contributed by atoms with van der Waals surface area (Å²) < 4.78 is 4.20. The van der Waals surface area contributed by atoms with E-state index >= 15 is 0 Å². The van der Waals surface area contributed by atoms with Gasteiger partial charge in [0.15, 0.2) is 11.0 Å². The zero-order chi connectivity index (χ0) is 20.5. The summed E-state index contributed by atoms with van der Waals surface area (Å²) in [6.45, 7) is 1.51. The first-order chi connectivity index (χ1) is 14.7. The number of benzene rings is 1. The van der Waals surface area contributed by atoms with Gasteiger partial charge in [0, 0.05) is 32.0 Å². The maximum Gasteiger partial charge on any atom is 0.233 e. The van der Waals surface area contributed by atoms with Gasteiger partial charge in [-0.1, -0.05) is 48.2 Å². The number of carbonyl (C=O) groups excluding carboxylic acids is 1. The fraction of sp³-hybridized carbons (Fsp3) is 0.227. The molecule has 1 aliphatic rings. The Bertz CT molecular complexity index is 1150. The maximum atomic E-state index is 13.3. The summed E-state index contributed by atoms with van der Waals surface area (Å²) in [5.74, 6) is 1.28. The van der Waals surface area contributed by atoms with Gasteiger partial charge in [-0.25, -0.2) is 0 Å². The summed E-state index contributed by atoms with van der Waals surface area (Å²) in [6.07, 6.45) is 2.09. The number of amides is 1. The SMILES string of the molecule is Cn1c(SCC(=O)N2CCn3cccc3C2c2ccccc2)nnc1-c1cccs1. The number of hydrogen-bond acceptors (Lipinski definition) is 5. The molecule has 1 amide bonds. The second kappa shape index (κ2) is 8.12. The van der Waals surface area contributed by atoms with Crippen molar-refractivity contribution in [1.82, 2.24) is 24.2 Å². The number of nitrogens with zero attached hydrogens (tertiary/aromatic N) is 5. The molecule has 1 aliphatic heterocycles. The second-order valence-corrected chi connectivity index (χ2v) is 9.05. The van der Waals surface area contributed by atoms with Crippen LogP contribution in [0.25, 0.3) is 10.7 Å². The number of thioether (sulfide) groups is 1. The average Bonchev–Trinajstić information content (AvgIpc) is 3.53. The first-order valence-corrected chi connectivity index (χ1v) is 11.6. The minimum Gasteiger partial charge on any atom is -0.348 e. The van der Waals surface area contributed by atoms with Crippen molar-refractivity contribution >= 4 is 29.0 Å². The lowest BCUT2D eigenvalue weighted by molar-refractivity contribution is -0.131. The van der Waals surface area contributed by atoms with Crippen LogP contribution in [-0.4, -0.2) is 42.4 Å². The molecule has 0 fully saturated rings. The van der Waals surface area contributed by atoms with Crippen LogP contribution in [0.2, 0.25) is 0 Å².